The van der Waals surface area contributed by atoms with E-state index in [1.807, 2.05) is 0 Å². The van der Waals surface area contributed by atoms with Gasteiger partial charge in [-0.25, -0.2) is 27.5 Å². The molecule has 4 amide bonds. The van der Waals surface area contributed by atoms with E-state index < -0.39 is 44.7 Å². The van der Waals surface area contributed by atoms with Gasteiger partial charge < -0.3 is 19.7 Å². The van der Waals surface area contributed by atoms with Gasteiger partial charge in [-0.2, -0.15) is 0 Å². The molecule has 1 aromatic carbocycles. The van der Waals surface area contributed by atoms with E-state index in [1.54, 1.807) is 41.5 Å². The number of ether oxygens (including phenoxy) is 2. The number of nitrogens with one attached hydrogen (secondary N) is 2. The Hall–Kier alpha value is -3.35. The fourth-order valence-electron chi connectivity index (χ4n) is 5.25. The molecular formula is C28H41N5O7S. The van der Waals surface area contributed by atoms with E-state index in [9.17, 15) is 22.8 Å². The van der Waals surface area contributed by atoms with Gasteiger partial charge in [0.25, 0.3) is 0 Å². The summed E-state index contributed by atoms with van der Waals surface area (Å²) in [5.74, 6) is -0.111. The van der Waals surface area contributed by atoms with Crippen LogP contribution in [0.1, 0.15) is 76.6 Å². The van der Waals surface area contributed by atoms with Gasteiger partial charge in [0, 0.05) is 25.8 Å². The second kappa shape index (κ2) is 11.1. The maximum absolute atomic E-state index is 13.1. The van der Waals surface area contributed by atoms with Crippen molar-refractivity contribution in [2.75, 3.05) is 25.5 Å². The Morgan fingerprint density at radius 2 is 1.46 bits per heavy atom. The predicted molar refractivity (Wildman–Crippen MR) is 155 cm³/mol. The minimum absolute atomic E-state index is 0.104. The van der Waals surface area contributed by atoms with Gasteiger partial charge in [-0.05, 0) is 102 Å². The number of guanidine groups is 1. The van der Waals surface area contributed by atoms with Crippen LogP contribution in [0.25, 0.3) is 0 Å². The SMILES string of the molecule is CN(C(=O)OC(C)(C)C)C(=NC(=O)OC(C)(C)C)N1CC(S(=O)(=O)NC(=O)Nc2c3c(cc4c2CCC4)CCC3)C1. The van der Waals surface area contributed by atoms with E-state index in [0.29, 0.717) is 0 Å². The molecular weight excluding hydrogens is 550 g/mol. The first-order valence-corrected chi connectivity index (χ1v) is 15.5. The smallest absolute Gasteiger partial charge is 0.437 e. The molecule has 41 heavy (non-hydrogen) atoms. The minimum atomic E-state index is -4.08. The normalized spacial score (nSPS) is 17.3. The molecule has 0 radical (unpaired) electrons. The van der Waals surface area contributed by atoms with Crippen molar-refractivity contribution in [3.63, 3.8) is 0 Å². The average molecular weight is 592 g/mol. The first kappa shape index (κ1) is 30.6. The minimum Gasteiger partial charge on any atom is -0.443 e. The summed E-state index contributed by atoms with van der Waals surface area (Å²) in [5, 5.41) is 1.87. The first-order valence-electron chi connectivity index (χ1n) is 14.0. The maximum Gasteiger partial charge on any atom is 0.437 e. The predicted octanol–water partition coefficient (Wildman–Crippen LogP) is 3.96. The van der Waals surface area contributed by atoms with Gasteiger partial charge in [-0.1, -0.05) is 6.07 Å². The average Bonchev–Trinajstić information content (AvgIpc) is 3.43. The van der Waals surface area contributed by atoms with Gasteiger partial charge >= 0.3 is 18.2 Å². The number of anilines is 1. The zero-order valence-corrected chi connectivity index (χ0v) is 25.7. The molecule has 1 aliphatic heterocycles. The fourth-order valence-corrected chi connectivity index (χ4v) is 6.48. The fraction of sp³-hybridized carbons (Fsp3) is 0.643. The lowest BCUT2D eigenvalue weighted by Gasteiger charge is -2.42. The number of aryl methyl sites for hydroxylation is 2. The lowest BCUT2D eigenvalue weighted by Crippen LogP contribution is -2.63. The Bertz CT molecular complexity index is 1340. The van der Waals surface area contributed by atoms with Crippen molar-refractivity contribution in [2.24, 2.45) is 4.99 Å². The van der Waals surface area contributed by atoms with Crippen LogP contribution in [0, 0.1) is 0 Å². The summed E-state index contributed by atoms with van der Waals surface area (Å²) in [6.07, 6.45) is 3.94. The molecule has 4 rings (SSSR count). The standard InChI is InChI=1S/C28H41N5O7S/c1-27(2,3)39-25(35)30-24(32(7)26(36)40-28(4,5)6)33-15-19(16-33)41(37,38)31-23(34)29-22-20-12-8-10-17(20)14-18-11-9-13-21(18)22/h14,19H,8-13,15-16H2,1-7H3,(H2,29,31,34). The molecule has 13 heteroatoms. The highest BCUT2D eigenvalue weighted by Gasteiger charge is 2.42. The number of benzene rings is 1. The quantitative estimate of drug-likeness (QED) is 0.397. The summed E-state index contributed by atoms with van der Waals surface area (Å²) in [7, 11) is -2.70. The van der Waals surface area contributed by atoms with E-state index >= 15 is 0 Å². The molecule has 12 nitrogen and oxygen atoms in total. The van der Waals surface area contributed by atoms with Crippen molar-refractivity contribution in [3.8, 4) is 0 Å². The number of nitrogens with zero attached hydrogens (tertiary/aromatic N) is 3. The maximum atomic E-state index is 13.1. The summed E-state index contributed by atoms with van der Waals surface area (Å²) < 4.78 is 39.1. The van der Waals surface area contributed by atoms with Crippen LogP contribution in [0.3, 0.4) is 0 Å². The molecule has 0 bridgehead atoms. The summed E-state index contributed by atoms with van der Waals surface area (Å²) >= 11 is 0. The van der Waals surface area contributed by atoms with Crippen LogP contribution in [-0.4, -0.2) is 79.0 Å². The van der Waals surface area contributed by atoms with E-state index in [1.165, 1.54) is 23.1 Å². The number of fused-ring (bicyclic) bond motifs is 2. The Kier molecular flexibility index (Phi) is 8.32. The molecule has 0 spiro atoms. The zero-order chi connectivity index (χ0) is 30.3. The lowest BCUT2D eigenvalue weighted by atomic mass is 9.99. The Morgan fingerprint density at radius 1 is 0.927 bits per heavy atom. The van der Waals surface area contributed by atoms with Crippen molar-refractivity contribution in [2.45, 2.75) is 96.5 Å². The number of aliphatic imine (C=N–C) groups is 1. The summed E-state index contributed by atoms with van der Waals surface area (Å²) in [6, 6.07) is 1.43. The molecule has 0 atom stereocenters. The van der Waals surface area contributed by atoms with Crippen LogP contribution in [0.4, 0.5) is 20.1 Å². The number of hydrogen-bond acceptors (Lipinski definition) is 7. The van der Waals surface area contributed by atoms with Crippen LogP contribution < -0.4 is 10.0 Å². The van der Waals surface area contributed by atoms with Crippen molar-refractivity contribution in [3.05, 3.63) is 28.3 Å². The number of amides is 4. The molecule has 1 fully saturated rings. The van der Waals surface area contributed by atoms with Gasteiger partial charge in [-0.3, -0.25) is 4.90 Å². The highest BCUT2D eigenvalue weighted by atomic mass is 32.2. The van der Waals surface area contributed by atoms with Crippen molar-refractivity contribution >= 4 is 39.9 Å². The Morgan fingerprint density at radius 3 is 1.98 bits per heavy atom. The van der Waals surface area contributed by atoms with E-state index in [0.717, 1.165) is 60.2 Å². The number of likely N-dealkylation sites (tertiary alicyclic amines) is 1. The molecule has 2 aliphatic carbocycles. The second-order valence-electron chi connectivity index (χ2n) is 12.8. The zero-order valence-electron chi connectivity index (χ0n) is 24.9. The number of hydrogen-bond donors (Lipinski definition) is 2. The summed E-state index contributed by atoms with van der Waals surface area (Å²) in [6.45, 7) is 9.93. The first-order chi connectivity index (χ1) is 18.9. The molecule has 2 N–H and O–H groups in total. The molecule has 0 saturated carbocycles. The van der Waals surface area contributed by atoms with E-state index in [4.69, 9.17) is 9.47 Å². The molecule has 0 aromatic heterocycles. The number of carbonyl (C=O) groups is 3. The van der Waals surface area contributed by atoms with Gasteiger partial charge in [0.05, 0.1) is 0 Å². The summed E-state index contributed by atoms with van der Waals surface area (Å²) in [5.41, 5.74) is 3.77. The van der Waals surface area contributed by atoms with Gasteiger partial charge in [0.15, 0.2) is 0 Å². The monoisotopic (exact) mass is 591 g/mol. The van der Waals surface area contributed by atoms with Crippen molar-refractivity contribution in [1.82, 2.24) is 14.5 Å². The highest BCUT2D eigenvalue weighted by molar-refractivity contribution is 7.90. The Labute approximate surface area is 241 Å². The molecule has 1 heterocycles. The van der Waals surface area contributed by atoms with E-state index in [2.05, 4.69) is 21.1 Å². The highest BCUT2D eigenvalue weighted by Crippen LogP contribution is 2.38. The lowest BCUT2D eigenvalue weighted by molar-refractivity contribution is 0.0374. The number of urea groups is 1. The van der Waals surface area contributed by atoms with Crippen LogP contribution in [-0.2, 0) is 45.2 Å². The molecule has 1 saturated heterocycles. The number of sulfonamides is 1. The van der Waals surface area contributed by atoms with Crippen LogP contribution in [0.2, 0.25) is 0 Å². The molecule has 0 unspecified atom stereocenters. The van der Waals surface area contributed by atoms with Crippen LogP contribution >= 0.6 is 0 Å². The largest absolute Gasteiger partial charge is 0.443 e. The van der Waals surface area contributed by atoms with Crippen LogP contribution in [0.5, 0.6) is 0 Å². The third-order valence-corrected chi connectivity index (χ3v) is 8.71. The molecule has 226 valence electrons. The third-order valence-electron chi connectivity index (χ3n) is 7.07. The molecule has 3 aliphatic rings. The topological polar surface area (TPSA) is 147 Å². The van der Waals surface area contributed by atoms with Crippen molar-refractivity contribution < 1.29 is 32.3 Å². The second-order valence-corrected chi connectivity index (χ2v) is 14.8. The third kappa shape index (κ3) is 7.30. The number of carbonyl (C=O) groups excluding carboxylic acids is 3. The van der Waals surface area contributed by atoms with Gasteiger partial charge in [0.2, 0.25) is 16.0 Å². The van der Waals surface area contributed by atoms with Gasteiger partial charge in [0.1, 0.15) is 16.5 Å². The number of rotatable bonds is 3. The van der Waals surface area contributed by atoms with Crippen molar-refractivity contribution in [1.29, 1.82) is 0 Å². The Balaban J connectivity index is 1.45. The molecule has 1 aromatic rings. The van der Waals surface area contributed by atoms with Crippen LogP contribution in [0.15, 0.2) is 11.1 Å². The van der Waals surface area contributed by atoms with E-state index in [-0.39, 0.29) is 19.0 Å². The van der Waals surface area contributed by atoms with Gasteiger partial charge in [-0.15, -0.1) is 4.99 Å². The summed E-state index contributed by atoms with van der Waals surface area (Å²) in [4.78, 5) is 44.6.